The van der Waals surface area contributed by atoms with E-state index in [0.29, 0.717) is 13.0 Å². The van der Waals surface area contributed by atoms with Gasteiger partial charge < -0.3 is 5.32 Å². The number of nitrogens with one attached hydrogen (secondary N) is 1. The van der Waals surface area contributed by atoms with Gasteiger partial charge in [-0.2, -0.15) is 0 Å². The SMILES string of the molecule is CCc1ccc(CCC(=O)NCCc2cn3ccsc3n2)cc1. The smallest absolute Gasteiger partial charge is 0.220 e. The number of carbonyl (C=O) groups is 1. The highest BCUT2D eigenvalue weighted by Crippen LogP contribution is 2.11. The average molecular weight is 327 g/mol. The minimum absolute atomic E-state index is 0.102. The van der Waals surface area contributed by atoms with E-state index in [2.05, 4.69) is 41.5 Å². The van der Waals surface area contributed by atoms with Crippen LogP contribution in [0, 0.1) is 0 Å². The molecule has 0 saturated carbocycles. The Balaban J connectivity index is 1.39. The number of nitrogens with zero attached hydrogens (tertiary/aromatic N) is 2. The van der Waals surface area contributed by atoms with Gasteiger partial charge in [-0.15, -0.1) is 11.3 Å². The van der Waals surface area contributed by atoms with Crippen LogP contribution in [0.4, 0.5) is 0 Å². The van der Waals surface area contributed by atoms with Gasteiger partial charge >= 0.3 is 0 Å². The molecular formula is C18H21N3OS. The van der Waals surface area contributed by atoms with Crippen LogP contribution < -0.4 is 5.32 Å². The van der Waals surface area contributed by atoms with Gasteiger partial charge in [-0.1, -0.05) is 31.2 Å². The van der Waals surface area contributed by atoms with E-state index < -0.39 is 0 Å². The summed E-state index contributed by atoms with van der Waals surface area (Å²) in [5, 5.41) is 4.99. The van der Waals surface area contributed by atoms with Gasteiger partial charge in [0.2, 0.25) is 5.91 Å². The van der Waals surface area contributed by atoms with Crippen molar-refractivity contribution in [3.8, 4) is 0 Å². The number of benzene rings is 1. The molecule has 0 aliphatic carbocycles. The Bertz CT molecular complexity index is 745. The number of carbonyl (C=O) groups excluding carboxylic acids is 1. The van der Waals surface area contributed by atoms with E-state index in [1.165, 1.54) is 11.1 Å². The standard InChI is InChI=1S/C18H21N3OS/c1-2-14-3-5-15(6-4-14)7-8-17(22)19-10-9-16-13-21-11-12-23-18(21)20-16/h3-6,11-13H,2,7-10H2,1H3,(H,19,22). The predicted octanol–water partition coefficient (Wildman–Crippen LogP) is 3.25. The predicted molar refractivity (Wildman–Crippen MR) is 93.9 cm³/mol. The van der Waals surface area contributed by atoms with E-state index in [0.717, 1.165) is 29.9 Å². The van der Waals surface area contributed by atoms with Crippen LogP contribution in [0.15, 0.2) is 42.0 Å². The van der Waals surface area contributed by atoms with Gasteiger partial charge in [-0.25, -0.2) is 4.98 Å². The highest BCUT2D eigenvalue weighted by Gasteiger charge is 2.05. The highest BCUT2D eigenvalue weighted by molar-refractivity contribution is 7.15. The van der Waals surface area contributed by atoms with E-state index in [1.54, 1.807) is 11.3 Å². The number of amides is 1. The lowest BCUT2D eigenvalue weighted by Crippen LogP contribution is -2.25. The Morgan fingerprint density at radius 1 is 1.22 bits per heavy atom. The summed E-state index contributed by atoms with van der Waals surface area (Å²) in [6.07, 6.45) is 7.16. The molecule has 2 heterocycles. The topological polar surface area (TPSA) is 46.4 Å². The fraction of sp³-hybridized carbons (Fsp3) is 0.333. The molecule has 120 valence electrons. The second kappa shape index (κ2) is 7.42. The Morgan fingerprint density at radius 3 is 2.74 bits per heavy atom. The Morgan fingerprint density at radius 2 is 2.00 bits per heavy atom. The van der Waals surface area contributed by atoms with Crippen LogP contribution in [0.25, 0.3) is 4.96 Å². The van der Waals surface area contributed by atoms with Gasteiger partial charge in [0, 0.05) is 37.2 Å². The zero-order valence-corrected chi connectivity index (χ0v) is 14.1. The number of rotatable bonds is 7. The molecule has 5 heteroatoms. The van der Waals surface area contributed by atoms with Crippen molar-refractivity contribution < 1.29 is 4.79 Å². The summed E-state index contributed by atoms with van der Waals surface area (Å²) < 4.78 is 2.02. The number of imidazole rings is 1. The lowest BCUT2D eigenvalue weighted by Gasteiger charge is -2.05. The zero-order chi connectivity index (χ0) is 16.1. The molecule has 0 fully saturated rings. The quantitative estimate of drug-likeness (QED) is 0.724. The maximum absolute atomic E-state index is 11.9. The molecule has 0 aliphatic rings. The van der Waals surface area contributed by atoms with Crippen molar-refractivity contribution in [3.05, 3.63) is 58.9 Å². The van der Waals surface area contributed by atoms with Gasteiger partial charge in [0.25, 0.3) is 0 Å². The number of aryl methyl sites for hydroxylation is 2. The maximum Gasteiger partial charge on any atom is 0.220 e. The molecule has 3 rings (SSSR count). The first-order valence-corrected chi connectivity index (χ1v) is 8.88. The molecule has 0 bridgehead atoms. The van der Waals surface area contributed by atoms with Crippen molar-refractivity contribution in [1.82, 2.24) is 14.7 Å². The molecule has 0 atom stereocenters. The molecule has 3 aromatic rings. The lowest BCUT2D eigenvalue weighted by atomic mass is 10.1. The zero-order valence-electron chi connectivity index (χ0n) is 13.3. The summed E-state index contributed by atoms with van der Waals surface area (Å²) >= 11 is 1.62. The van der Waals surface area contributed by atoms with Crippen LogP contribution in [0.3, 0.4) is 0 Å². The van der Waals surface area contributed by atoms with E-state index >= 15 is 0 Å². The molecule has 23 heavy (non-hydrogen) atoms. The molecule has 4 nitrogen and oxygen atoms in total. The number of fused-ring (bicyclic) bond motifs is 1. The van der Waals surface area contributed by atoms with Crippen LogP contribution in [-0.4, -0.2) is 21.8 Å². The van der Waals surface area contributed by atoms with Crippen molar-refractivity contribution in [3.63, 3.8) is 0 Å². The van der Waals surface area contributed by atoms with Gasteiger partial charge in [0.15, 0.2) is 4.96 Å². The van der Waals surface area contributed by atoms with Crippen molar-refractivity contribution >= 4 is 22.2 Å². The number of hydrogen-bond donors (Lipinski definition) is 1. The molecule has 0 unspecified atom stereocenters. The molecule has 0 aliphatic heterocycles. The number of aromatic nitrogens is 2. The molecular weight excluding hydrogens is 306 g/mol. The summed E-state index contributed by atoms with van der Waals surface area (Å²) in [7, 11) is 0. The van der Waals surface area contributed by atoms with Crippen molar-refractivity contribution in [2.75, 3.05) is 6.54 Å². The lowest BCUT2D eigenvalue weighted by molar-refractivity contribution is -0.121. The fourth-order valence-corrected chi connectivity index (χ4v) is 3.23. The monoisotopic (exact) mass is 327 g/mol. The summed E-state index contributed by atoms with van der Waals surface area (Å²) in [5.74, 6) is 0.102. The van der Waals surface area contributed by atoms with Crippen LogP contribution >= 0.6 is 11.3 Å². The minimum Gasteiger partial charge on any atom is -0.356 e. The van der Waals surface area contributed by atoms with E-state index in [1.807, 2.05) is 22.2 Å². The first kappa shape index (κ1) is 15.7. The molecule has 1 amide bonds. The third-order valence-electron chi connectivity index (χ3n) is 3.92. The maximum atomic E-state index is 11.9. The third-order valence-corrected chi connectivity index (χ3v) is 4.69. The van der Waals surface area contributed by atoms with Crippen LogP contribution in [0.2, 0.25) is 0 Å². The van der Waals surface area contributed by atoms with Crippen molar-refractivity contribution in [2.24, 2.45) is 0 Å². The summed E-state index contributed by atoms with van der Waals surface area (Å²) in [5.41, 5.74) is 3.57. The fourth-order valence-electron chi connectivity index (χ4n) is 2.51. The van der Waals surface area contributed by atoms with Crippen molar-refractivity contribution in [2.45, 2.75) is 32.6 Å². The molecule has 1 aromatic carbocycles. The number of hydrogen-bond acceptors (Lipinski definition) is 3. The molecule has 0 radical (unpaired) electrons. The van der Waals surface area contributed by atoms with Gasteiger partial charge in [0.1, 0.15) is 0 Å². The van der Waals surface area contributed by atoms with Crippen LogP contribution in [0.5, 0.6) is 0 Å². The van der Waals surface area contributed by atoms with E-state index in [4.69, 9.17) is 0 Å². The molecule has 1 N–H and O–H groups in total. The largest absolute Gasteiger partial charge is 0.356 e. The summed E-state index contributed by atoms with van der Waals surface area (Å²) in [4.78, 5) is 17.4. The van der Waals surface area contributed by atoms with Crippen LogP contribution in [-0.2, 0) is 24.1 Å². The van der Waals surface area contributed by atoms with Gasteiger partial charge in [-0.05, 0) is 24.0 Å². The van der Waals surface area contributed by atoms with Gasteiger partial charge in [-0.3, -0.25) is 9.20 Å². The third kappa shape index (κ3) is 4.20. The Labute approximate surface area is 140 Å². The molecule has 2 aromatic heterocycles. The Hall–Kier alpha value is -2.14. The average Bonchev–Trinajstić information content (AvgIpc) is 3.15. The van der Waals surface area contributed by atoms with E-state index in [9.17, 15) is 4.79 Å². The Kier molecular flexibility index (Phi) is 5.08. The molecule has 0 saturated heterocycles. The second-order valence-electron chi connectivity index (χ2n) is 5.60. The normalized spacial score (nSPS) is 11.0. The van der Waals surface area contributed by atoms with Crippen molar-refractivity contribution in [1.29, 1.82) is 0 Å². The van der Waals surface area contributed by atoms with Crippen LogP contribution in [0.1, 0.15) is 30.2 Å². The number of thiazole rings is 1. The summed E-state index contributed by atoms with van der Waals surface area (Å²) in [6.45, 7) is 2.78. The summed E-state index contributed by atoms with van der Waals surface area (Å²) in [6, 6.07) is 8.50. The van der Waals surface area contributed by atoms with Gasteiger partial charge in [0.05, 0.1) is 5.69 Å². The second-order valence-corrected chi connectivity index (χ2v) is 6.47. The first-order valence-electron chi connectivity index (χ1n) is 8.00. The first-order chi connectivity index (χ1) is 11.2. The highest BCUT2D eigenvalue weighted by atomic mass is 32.1. The van der Waals surface area contributed by atoms with E-state index in [-0.39, 0.29) is 5.91 Å². The molecule has 0 spiro atoms. The minimum atomic E-state index is 0.102.